The third-order valence-corrected chi connectivity index (χ3v) is 4.27. The number of hydrogen-bond donors (Lipinski definition) is 8. The van der Waals surface area contributed by atoms with Crippen molar-refractivity contribution < 1.29 is 39.0 Å². The maximum atomic E-state index is 12.5. The van der Waals surface area contributed by atoms with E-state index in [0.717, 1.165) is 0 Å². The number of carbonyl (C=O) groups is 6. The van der Waals surface area contributed by atoms with Gasteiger partial charge in [0, 0.05) is 5.75 Å². The number of hydrogen-bond acceptors (Lipinski definition) is 8. The maximum absolute atomic E-state index is 12.5. The van der Waals surface area contributed by atoms with Crippen LogP contribution in [0, 0.1) is 5.92 Å². The fourth-order valence-corrected chi connectivity index (χ4v) is 2.66. The predicted octanol–water partition coefficient (Wildman–Crippen LogP) is -2.82. The van der Waals surface area contributed by atoms with Gasteiger partial charge in [0.25, 0.3) is 0 Å². The molecule has 13 nitrogen and oxygen atoms in total. The molecular formula is C17H29N5O8S. The lowest BCUT2D eigenvalue weighted by Gasteiger charge is -2.24. The molecule has 9 N–H and O–H groups in total. The van der Waals surface area contributed by atoms with Crippen LogP contribution in [0.5, 0.6) is 0 Å². The average molecular weight is 464 g/mol. The van der Waals surface area contributed by atoms with Gasteiger partial charge in [-0.25, -0.2) is 4.79 Å². The molecule has 0 bridgehead atoms. The van der Waals surface area contributed by atoms with Gasteiger partial charge < -0.3 is 37.6 Å². The predicted molar refractivity (Wildman–Crippen MR) is 111 cm³/mol. The van der Waals surface area contributed by atoms with Gasteiger partial charge in [0.05, 0.1) is 18.9 Å². The highest BCUT2D eigenvalue weighted by Gasteiger charge is 2.31. The van der Waals surface area contributed by atoms with Crippen LogP contribution in [-0.4, -0.2) is 75.7 Å². The molecule has 0 aliphatic carbocycles. The number of rotatable bonds is 14. The molecule has 4 unspecified atom stereocenters. The summed E-state index contributed by atoms with van der Waals surface area (Å²) >= 11 is 3.93. The van der Waals surface area contributed by atoms with E-state index in [9.17, 15) is 33.9 Å². The minimum Gasteiger partial charge on any atom is -0.481 e. The van der Waals surface area contributed by atoms with Gasteiger partial charge in [0.1, 0.15) is 18.1 Å². The summed E-state index contributed by atoms with van der Waals surface area (Å²) in [5.74, 6) is -6.74. The summed E-state index contributed by atoms with van der Waals surface area (Å²) in [5, 5.41) is 24.9. The third kappa shape index (κ3) is 11.2. The molecule has 31 heavy (non-hydrogen) atoms. The lowest BCUT2D eigenvalue weighted by atomic mass is 10.0. The SMILES string of the molecule is CC(C)CC(NC(=O)C(CC(=O)O)NC(=O)C(CS)NC(=O)C(N)CC(N)=O)C(=O)O. The molecule has 176 valence electrons. The van der Waals surface area contributed by atoms with E-state index in [2.05, 4.69) is 28.6 Å². The van der Waals surface area contributed by atoms with Crippen LogP contribution in [0.3, 0.4) is 0 Å². The van der Waals surface area contributed by atoms with E-state index in [1.165, 1.54) is 0 Å². The zero-order valence-electron chi connectivity index (χ0n) is 17.2. The molecule has 0 spiro atoms. The van der Waals surface area contributed by atoms with Crippen molar-refractivity contribution in [1.29, 1.82) is 0 Å². The number of carbonyl (C=O) groups excluding carboxylic acids is 4. The van der Waals surface area contributed by atoms with Gasteiger partial charge >= 0.3 is 11.9 Å². The lowest BCUT2D eigenvalue weighted by Crippen LogP contribution is -2.58. The Balaban J connectivity index is 5.29. The van der Waals surface area contributed by atoms with Crippen LogP contribution >= 0.6 is 12.6 Å². The van der Waals surface area contributed by atoms with Crippen molar-refractivity contribution >= 4 is 48.2 Å². The molecule has 4 amide bonds. The second-order valence-electron chi connectivity index (χ2n) is 7.21. The number of aliphatic carboxylic acids is 2. The first-order valence-corrected chi connectivity index (χ1v) is 9.92. The Kier molecular flexibility index (Phi) is 12.2. The molecule has 4 atom stereocenters. The molecule has 0 heterocycles. The summed E-state index contributed by atoms with van der Waals surface area (Å²) in [6, 6.07) is -5.53. The van der Waals surface area contributed by atoms with E-state index in [1.54, 1.807) is 13.8 Å². The number of amides is 4. The number of nitrogens with one attached hydrogen (secondary N) is 3. The Morgan fingerprint density at radius 2 is 1.32 bits per heavy atom. The Morgan fingerprint density at radius 1 is 0.839 bits per heavy atom. The zero-order chi connectivity index (χ0) is 24.3. The second kappa shape index (κ2) is 13.4. The van der Waals surface area contributed by atoms with Gasteiger partial charge in [-0.15, -0.1) is 0 Å². The zero-order valence-corrected chi connectivity index (χ0v) is 18.1. The number of primary amides is 1. The van der Waals surface area contributed by atoms with E-state index in [4.69, 9.17) is 16.6 Å². The summed E-state index contributed by atoms with van der Waals surface area (Å²) in [7, 11) is 0. The number of carboxylic acids is 2. The van der Waals surface area contributed by atoms with Crippen molar-refractivity contribution in [3.63, 3.8) is 0 Å². The van der Waals surface area contributed by atoms with Crippen LogP contribution in [0.2, 0.25) is 0 Å². The quantitative estimate of drug-likeness (QED) is 0.124. The highest BCUT2D eigenvalue weighted by molar-refractivity contribution is 7.80. The van der Waals surface area contributed by atoms with Crippen LogP contribution < -0.4 is 27.4 Å². The Bertz CT molecular complexity index is 702. The first-order chi connectivity index (χ1) is 14.3. The summed E-state index contributed by atoms with van der Waals surface area (Å²) in [6.07, 6.45) is -1.22. The van der Waals surface area contributed by atoms with Gasteiger partial charge in [0.2, 0.25) is 23.6 Å². The first-order valence-electron chi connectivity index (χ1n) is 9.28. The molecule has 0 radical (unpaired) electrons. The van der Waals surface area contributed by atoms with E-state index < -0.39 is 72.6 Å². The fraction of sp³-hybridized carbons (Fsp3) is 0.647. The summed E-state index contributed by atoms with van der Waals surface area (Å²) in [6.45, 7) is 3.48. The fourth-order valence-electron chi connectivity index (χ4n) is 2.40. The number of thiol groups is 1. The van der Waals surface area contributed by atoms with Gasteiger partial charge in [-0.3, -0.25) is 24.0 Å². The monoisotopic (exact) mass is 463 g/mol. The molecule has 0 saturated carbocycles. The van der Waals surface area contributed by atoms with Crippen LogP contribution in [0.1, 0.15) is 33.1 Å². The van der Waals surface area contributed by atoms with Crippen molar-refractivity contribution in [2.45, 2.75) is 57.3 Å². The maximum Gasteiger partial charge on any atom is 0.326 e. The molecular weight excluding hydrogens is 434 g/mol. The molecule has 0 aliphatic rings. The van der Waals surface area contributed by atoms with Crippen molar-refractivity contribution in [2.75, 3.05) is 5.75 Å². The van der Waals surface area contributed by atoms with Crippen LogP contribution in [0.4, 0.5) is 0 Å². The first kappa shape index (κ1) is 28.1. The van der Waals surface area contributed by atoms with E-state index >= 15 is 0 Å². The van der Waals surface area contributed by atoms with Crippen LogP contribution in [0.25, 0.3) is 0 Å². The van der Waals surface area contributed by atoms with Crippen molar-refractivity contribution in [3.05, 3.63) is 0 Å². The van der Waals surface area contributed by atoms with Crippen molar-refractivity contribution in [3.8, 4) is 0 Å². The molecule has 0 aromatic rings. The number of carboxylic acid groups (broad SMARTS) is 2. The van der Waals surface area contributed by atoms with Crippen molar-refractivity contribution in [2.24, 2.45) is 17.4 Å². The van der Waals surface area contributed by atoms with Crippen molar-refractivity contribution in [1.82, 2.24) is 16.0 Å². The van der Waals surface area contributed by atoms with Gasteiger partial charge in [0.15, 0.2) is 0 Å². The summed E-state index contributed by atoms with van der Waals surface area (Å²) in [4.78, 5) is 70.2. The van der Waals surface area contributed by atoms with Gasteiger partial charge in [-0.1, -0.05) is 13.8 Å². The normalized spacial score (nSPS) is 14.6. The highest BCUT2D eigenvalue weighted by Crippen LogP contribution is 2.06. The van der Waals surface area contributed by atoms with Gasteiger partial charge in [-0.05, 0) is 12.3 Å². The lowest BCUT2D eigenvalue weighted by molar-refractivity contribution is -0.144. The van der Waals surface area contributed by atoms with E-state index in [-0.39, 0.29) is 18.1 Å². The van der Waals surface area contributed by atoms with Gasteiger partial charge in [-0.2, -0.15) is 12.6 Å². The average Bonchev–Trinajstić information content (AvgIpc) is 2.62. The molecule has 0 rings (SSSR count). The van der Waals surface area contributed by atoms with Crippen LogP contribution in [-0.2, 0) is 28.8 Å². The Labute approximate surface area is 184 Å². The third-order valence-electron chi connectivity index (χ3n) is 3.91. The topological polar surface area (TPSA) is 231 Å². The number of nitrogens with two attached hydrogens (primary N) is 2. The minimum absolute atomic E-state index is 0.0812. The Morgan fingerprint density at radius 3 is 1.74 bits per heavy atom. The second-order valence-corrected chi connectivity index (χ2v) is 7.57. The van der Waals surface area contributed by atoms with E-state index in [0.29, 0.717) is 0 Å². The summed E-state index contributed by atoms with van der Waals surface area (Å²) < 4.78 is 0. The molecule has 14 heteroatoms. The molecule has 0 saturated heterocycles. The Hall–Kier alpha value is -2.87. The minimum atomic E-state index is -1.61. The van der Waals surface area contributed by atoms with Crippen LogP contribution in [0.15, 0.2) is 0 Å². The largest absolute Gasteiger partial charge is 0.481 e. The molecule has 0 aromatic carbocycles. The molecule has 0 fully saturated rings. The highest BCUT2D eigenvalue weighted by atomic mass is 32.1. The van der Waals surface area contributed by atoms with E-state index in [1.807, 2.05) is 0 Å². The molecule has 0 aromatic heterocycles. The summed E-state index contributed by atoms with van der Waals surface area (Å²) in [5.41, 5.74) is 10.4. The molecule has 0 aliphatic heterocycles. The smallest absolute Gasteiger partial charge is 0.326 e. The standard InChI is InChI=1S/C17H29N5O8S/c1-7(2)3-10(17(29)30)21-15(27)9(5-13(24)25)20-16(28)11(6-31)22-14(26)8(18)4-12(19)23/h7-11,31H,3-6,18H2,1-2H3,(H2,19,23)(H,20,28)(H,21,27)(H,22,26)(H,24,25)(H,29,30).